The van der Waals surface area contributed by atoms with Gasteiger partial charge in [0, 0.05) is 13.0 Å². The molecule has 0 radical (unpaired) electrons. The van der Waals surface area contributed by atoms with Crippen LogP contribution in [0.1, 0.15) is 31.9 Å². The van der Waals surface area contributed by atoms with Crippen LogP contribution in [0.3, 0.4) is 0 Å². The van der Waals surface area contributed by atoms with Gasteiger partial charge in [-0.1, -0.05) is 13.8 Å². The van der Waals surface area contributed by atoms with E-state index in [9.17, 15) is 4.79 Å². The molecule has 3 nitrogen and oxygen atoms in total. The lowest BCUT2D eigenvalue weighted by Crippen LogP contribution is -2.34. The van der Waals surface area contributed by atoms with Crippen molar-refractivity contribution in [2.75, 3.05) is 20.6 Å². The summed E-state index contributed by atoms with van der Waals surface area (Å²) in [6, 6.07) is 2.38. The first-order valence-electron chi connectivity index (χ1n) is 5.96. The van der Waals surface area contributed by atoms with Crippen molar-refractivity contribution in [3.05, 3.63) is 22.4 Å². The number of thiophene rings is 1. The Bertz CT molecular complexity index is 333. The normalized spacial score (nSPS) is 13.1. The van der Waals surface area contributed by atoms with Crippen LogP contribution in [0.5, 0.6) is 0 Å². The molecule has 1 aromatic rings. The molecule has 1 atom stereocenters. The smallest absolute Gasteiger partial charge is 0.220 e. The van der Waals surface area contributed by atoms with Gasteiger partial charge in [0.05, 0.1) is 6.04 Å². The molecular formula is C13H22N2OS. The molecule has 1 amide bonds. The monoisotopic (exact) mass is 254 g/mol. The molecule has 1 aromatic heterocycles. The quantitative estimate of drug-likeness (QED) is 0.846. The summed E-state index contributed by atoms with van der Waals surface area (Å²) in [5.41, 5.74) is 1.27. The lowest BCUT2D eigenvalue weighted by molar-refractivity contribution is -0.122. The fourth-order valence-electron chi connectivity index (χ4n) is 1.72. The molecule has 1 N–H and O–H groups in total. The van der Waals surface area contributed by atoms with Gasteiger partial charge in [0.1, 0.15) is 0 Å². The largest absolute Gasteiger partial charge is 0.354 e. The summed E-state index contributed by atoms with van der Waals surface area (Å²) >= 11 is 1.69. The molecular weight excluding hydrogens is 232 g/mol. The number of carbonyl (C=O) groups is 1. The summed E-state index contributed by atoms with van der Waals surface area (Å²) in [6.07, 6.45) is 0.601. The zero-order valence-electron chi connectivity index (χ0n) is 11.1. The third-order valence-corrected chi connectivity index (χ3v) is 3.34. The number of nitrogens with zero attached hydrogens (tertiary/aromatic N) is 1. The topological polar surface area (TPSA) is 32.3 Å². The standard InChI is InChI=1S/C13H22N2OS/c1-10(2)7-13(16)14-8-12(15(3)4)11-5-6-17-9-11/h5-6,9-10,12H,7-8H2,1-4H3,(H,14,16)/t12-/m0/s1. The summed E-state index contributed by atoms with van der Waals surface area (Å²) in [5, 5.41) is 7.22. The van der Waals surface area contributed by atoms with Gasteiger partial charge >= 0.3 is 0 Å². The van der Waals surface area contributed by atoms with E-state index in [1.165, 1.54) is 5.56 Å². The molecule has 0 bridgehead atoms. The molecule has 1 heterocycles. The molecule has 0 fully saturated rings. The molecule has 4 heteroatoms. The fraction of sp³-hybridized carbons (Fsp3) is 0.615. The van der Waals surface area contributed by atoms with E-state index in [0.29, 0.717) is 18.9 Å². The average molecular weight is 254 g/mol. The van der Waals surface area contributed by atoms with Crippen LogP contribution in [0.15, 0.2) is 16.8 Å². The van der Waals surface area contributed by atoms with Crippen molar-refractivity contribution in [1.82, 2.24) is 10.2 Å². The van der Waals surface area contributed by atoms with Crippen LogP contribution in [-0.4, -0.2) is 31.4 Å². The Morgan fingerprint density at radius 3 is 2.65 bits per heavy atom. The van der Waals surface area contributed by atoms with Crippen LogP contribution in [0.2, 0.25) is 0 Å². The highest BCUT2D eigenvalue weighted by Crippen LogP contribution is 2.19. The van der Waals surface area contributed by atoms with E-state index in [4.69, 9.17) is 0 Å². The Hall–Kier alpha value is -0.870. The third kappa shape index (κ3) is 4.88. The number of hydrogen-bond donors (Lipinski definition) is 1. The minimum Gasteiger partial charge on any atom is -0.354 e. The average Bonchev–Trinajstić information content (AvgIpc) is 2.69. The molecule has 0 unspecified atom stereocenters. The van der Waals surface area contributed by atoms with Gasteiger partial charge in [-0.15, -0.1) is 0 Å². The maximum atomic E-state index is 11.6. The van der Waals surface area contributed by atoms with Gasteiger partial charge in [-0.2, -0.15) is 11.3 Å². The van der Waals surface area contributed by atoms with Crippen molar-refractivity contribution in [1.29, 1.82) is 0 Å². The van der Waals surface area contributed by atoms with E-state index in [1.807, 2.05) is 14.1 Å². The Labute approximate surface area is 108 Å². The van der Waals surface area contributed by atoms with E-state index >= 15 is 0 Å². The van der Waals surface area contributed by atoms with Crippen LogP contribution in [0.25, 0.3) is 0 Å². The van der Waals surface area contributed by atoms with Crippen LogP contribution in [0.4, 0.5) is 0 Å². The summed E-state index contributed by atoms with van der Waals surface area (Å²) < 4.78 is 0. The molecule has 0 aromatic carbocycles. The van der Waals surface area contributed by atoms with Gasteiger partial charge in [-0.3, -0.25) is 4.79 Å². The summed E-state index contributed by atoms with van der Waals surface area (Å²) in [5.74, 6) is 0.552. The van der Waals surface area contributed by atoms with E-state index in [1.54, 1.807) is 11.3 Å². The number of hydrogen-bond acceptors (Lipinski definition) is 3. The van der Waals surface area contributed by atoms with Crippen LogP contribution in [0, 0.1) is 5.92 Å². The summed E-state index contributed by atoms with van der Waals surface area (Å²) in [6.45, 7) is 4.79. The summed E-state index contributed by atoms with van der Waals surface area (Å²) in [7, 11) is 4.08. The van der Waals surface area contributed by atoms with Crippen molar-refractivity contribution < 1.29 is 4.79 Å². The van der Waals surface area contributed by atoms with Gasteiger partial charge in [-0.25, -0.2) is 0 Å². The van der Waals surface area contributed by atoms with E-state index in [-0.39, 0.29) is 11.9 Å². The highest BCUT2D eigenvalue weighted by molar-refractivity contribution is 7.07. The van der Waals surface area contributed by atoms with Gasteiger partial charge in [0.15, 0.2) is 0 Å². The van der Waals surface area contributed by atoms with Crippen molar-refractivity contribution in [3.8, 4) is 0 Å². The van der Waals surface area contributed by atoms with Gasteiger partial charge in [-0.05, 0) is 42.4 Å². The third-order valence-electron chi connectivity index (χ3n) is 2.64. The van der Waals surface area contributed by atoms with Gasteiger partial charge in [0.2, 0.25) is 5.91 Å². The molecule has 0 spiro atoms. The van der Waals surface area contributed by atoms with Crippen molar-refractivity contribution >= 4 is 17.2 Å². The zero-order valence-corrected chi connectivity index (χ0v) is 11.9. The van der Waals surface area contributed by atoms with Crippen molar-refractivity contribution in [3.63, 3.8) is 0 Å². The molecule has 17 heavy (non-hydrogen) atoms. The number of nitrogens with one attached hydrogen (secondary N) is 1. The minimum absolute atomic E-state index is 0.141. The Morgan fingerprint density at radius 1 is 1.47 bits per heavy atom. The molecule has 0 saturated carbocycles. The molecule has 0 aliphatic carbocycles. The molecule has 1 rings (SSSR count). The predicted octanol–water partition coefficient (Wildman–Crippen LogP) is 2.51. The van der Waals surface area contributed by atoms with Crippen LogP contribution in [-0.2, 0) is 4.79 Å². The molecule has 0 aliphatic rings. The minimum atomic E-state index is 0.141. The number of likely N-dealkylation sites (N-methyl/N-ethyl adjacent to an activating group) is 1. The van der Waals surface area contributed by atoms with Gasteiger partial charge < -0.3 is 10.2 Å². The second kappa shape index (κ2) is 6.77. The molecule has 96 valence electrons. The Kier molecular flexibility index (Phi) is 5.65. The molecule has 0 aliphatic heterocycles. The second-order valence-electron chi connectivity index (χ2n) is 4.94. The van der Waals surface area contributed by atoms with E-state index in [2.05, 4.69) is 40.9 Å². The van der Waals surface area contributed by atoms with Gasteiger partial charge in [0.25, 0.3) is 0 Å². The van der Waals surface area contributed by atoms with E-state index < -0.39 is 0 Å². The SMILES string of the molecule is CC(C)CC(=O)NC[C@@H](c1ccsc1)N(C)C. The Balaban J connectivity index is 2.49. The second-order valence-corrected chi connectivity index (χ2v) is 5.72. The highest BCUT2D eigenvalue weighted by atomic mass is 32.1. The van der Waals surface area contributed by atoms with Crippen molar-refractivity contribution in [2.24, 2.45) is 5.92 Å². The number of carbonyl (C=O) groups excluding carboxylic acids is 1. The van der Waals surface area contributed by atoms with E-state index in [0.717, 1.165) is 0 Å². The Morgan fingerprint density at radius 2 is 2.18 bits per heavy atom. The first kappa shape index (κ1) is 14.2. The summed E-state index contributed by atoms with van der Waals surface area (Å²) in [4.78, 5) is 13.8. The number of rotatable bonds is 6. The van der Waals surface area contributed by atoms with Crippen LogP contribution >= 0.6 is 11.3 Å². The zero-order chi connectivity index (χ0) is 12.8. The lowest BCUT2D eigenvalue weighted by atomic mass is 10.1. The molecule has 0 saturated heterocycles. The maximum absolute atomic E-state index is 11.6. The predicted molar refractivity (Wildman–Crippen MR) is 73.2 cm³/mol. The lowest BCUT2D eigenvalue weighted by Gasteiger charge is -2.24. The number of amides is 1. The maximum Gasteiger partial charge on any atom is 0.220 e. The van der Waals surface area contributed by atoms with Crippen LogP contribution < -0.4 is 5.32 Å². The fourth-order valence-corrected chi connectivity index (χ4v) is 2.42. The highest BCUT2D eigenvalue weighted by Gasteiger charge is 2.15. The first-order valence-corrected chi connectivity index (χ1v) is 6.90. The van der Waals surface area contributed by atoms with Crippen molar-refractivity contribution in [2.45, 2.75) is 26.3 Å². The first-order chi connectivity index (χ1) is 8.00.